The lowest BCUT2D eigenvalue weighted by atomic mass is 10.0. The molecule has 4 nitrogen and oxygen atoms in total. The van der Waals surface area contributed by atoms with Gasteiger partial charge < -0.3 is 15.8 Å². The molecule has 0 spiro atoms. The second kappa shape index (κ2) is 8.28. The third kappa shape index (κ3) is 6.56. The van der Waals surface area contributed by atoms with Crippen LogP contribution < -0.4 is 11.1 Å². The van der Waals surface area contributed by atoms with Crippen LogP contribution in [0, 0.1) is 5.92 Å². The summed E-state index contributed by atoms with van der Waals surface area (Å²) in [6.45, 7) is 6.08. The molecule has 0 aliphatic rings. The predicted octanol–water partition coefficient (Wildman–Crippen LogP) is 1.23. The quantitative estimate of drug-likeness (QED) is 0.614. The summed E-state index contributed by atoms with van der Waals surface area (Å²) in [5, 5.41) is 2.67. The number of aldehydes is 1. The maximum atomic E-state index is 11.6. The summed E-state index contributed by atoms with van der Waals surface area (Å²) in [5.41, 5.74) is 5.72. The first-order valence-electron chi connectivity index (χ1n) is 6.02. The van der Waals surface area contributed by atoms with Crippen molar-refractivity contribution >= 4 is 12.2 Å². The smallest absolute Gasteiger partial charge is 0.237 e. The van der Waals surface area contributed by atoms with Gasteiger partial charge in [-0.25, -0.2) is 0 Å². The maximum absolute atomic E-state index is 11.6. The van der Waals surface area contributed by atoms with E-state index < -0.39 is 6.04 Å². The molecule has 0 saturated heterocycles. The molecule has 4 heteroatoms. The molecule has 0 rings (SSSR count). The van der Waals surface area contributed by atoms with Gasteiger partial charge in [-0.05, 0) is 18.8 Å². The first-order valence-corrected chi connectivity index (χ1v) is 6.02. The van der Waals surface area contributed by atoms with Gasteiger partial charge in [-0.3, -0.25) is 4.79 Å². The fourth-order valence-electron chi connectivity index (χ4n) is 1.50. The van der Waals surface area contributed by atoms with Crippen LogP contribution in [0.5, 0.6) is 0 Å². The minimum absolute atomic E-state index is 0.220. The van der Waals surface area contributed by atoms with E-state index >= 15 is 0 Å². The molecule has 2 atom stereocenters. The second-order valence-corrected chi connectivity index (χ2v) is 4.63. The molecule has 0 radical (unpaired) electrons. The van der Waals surface area contributed by atoms with Gasteiger partial charge in [0.05, 0.1) is 12.1 Å². The van der Waals surface area contributed by atoms with Gasteiger partial charge in [-0.2, -0.15) is 0 Å². The summed E-state index contributed by atoms with van der Waals surface area (Å²) in [5.74, 6) is 0.160. The van der Waals surface area contributed by atoms with Crippen molar-refractivity contribution in [3.05, 3.63) is 0 Å². The van der Waals surface area contributed by atoms with E-state index in [1.54, 1.807) is 0 Å². The molecular formula is C12H24N2O2. The fraction of sp³-hybridized carbons (Fsp3) is 0.833. The van der Waals surface area contributed by atoms with Crippen LogP contribution in [0.3, 0.4) is 0 Å². The first kappa shape index (κ1) is 15.1. The van der Waals surface area contributed by atoms with Gasteiger partial charge in [-0.15, -0.1) is 0 Å². The van der Waals surface area contributed by atoms with Crippen molar-refractivity contribution in [3.63, 3.8) is 0 Å². The molecule has 16 heavy (non-hydrogen) atoms. The van der Waals surface area contributed by atoms with Crippen molar-refractivity contribution in [1.82, 2.24) is 5.32 Å². The molecule has 94 valence electrons. The summed E-state index contributed by atoms with van der Waals surface area (Å²) < 4.78 is 0. The highest BCUT2D eigenvalue weighted by Gasteiger charge is 2.18. The molecule has 3 N–H and O–H groups in total. The molecule has 0 aromatic heterocycles. The predicted molar refractivity (Wildman–Crippen MR) is 65.0 cm³/mol. The molecule has 1 unspecified atom stereocenters. The van der Waals surface area contributed by atoms with Crippen LogP contribution in [0.2, 0.25) is 0 Å². The van der Waals surface area contributed by atoms with Gasteiger partial charge in [0.1, 0.15) is 6.29 Å². The van der Waals surface area contributed by atoms with Crippen LogP contribution in [0.4, 0.5) is 0 Å². The zero-order chi connectivity index (χ0) is 12.6. The minimum Gasteiger partial charge on any atom is -0.345 e. The lowest BCUT2D eigenvalue weighted by molar-refractivity contribution is -0.125. The highest BCUT2D eigenvalue weighted by molar-refractivity contribution is 5.84. The van der Waals surface area contributed by atoms with Gasteiger partial charge >= 0.3 is 0 Å². The molecule has 0 saturated carbocycles. The number of nitrogens with two attached hydrogens (primary N) is 1. The summed E-state index contributed by atoms with van der Waals surface area (Å²) in [6, 6.07) is -0.894. The van der Waals surface area contributed by atoms with Crippen molar-refractivity contribution in [2.24, 2.45) is 11.7 Å². The van der Waals surface area contributed by atoms with Crippen molar-refractivity contribution in [2.45, 2.75) is 58.5 Å². The molecule has 0 heterocycles. The Balaban J connectivity index is 4.03. The standard InChI is InChI=1S/C12H24N2O2/c1-4-5-6-10(8-15)14-12(16)11(13)7-9(2)3/h8-11H,4-7,13H2,1-3H3,(H,14,16)/t10?,11-/m0/s1. The molecule has 0 bridgehead atoms. The number of amides is 1. The summed E-state index contributed by atoms with van der Waals surface area (Å²) in [7, 11) is 0. The van der Waals surface area contributed by atoms with Crippen LogP contribution in [0.25, 0.3) is 0 Å². The Hall–Kier alpha value is -0.900. The van der Waals surface area contributed by atoms with E-state index in [0.29, 0.717) is 18.8 Å². The Kier molecular flexibility index (Phi) is 7.81. The Morgan fingerprint density at radius 2 is 2.06 bits per heavy atom. The van der Waals surface area contributed by atoms with Gasteiger partial charge in [0.25, 0.3) is 0 Å². The van der Waals surface area contributed by atoms with Crippen LogP contribution in [-0.4, -0.2) is 24.3 Å². The largest absolute Gasteiger partial charge is 0.345 e. The summed E-state index contributed by atoms with van der Waals surface area (Å²) in [4.78, 5) is 22.4. The third-order valence-electron chi connectivity index (χ3n) is 2.42. The van der Waals surface area contributed by atoms with Gasteiger partial charge in [0.15, 0.2) is 0 Å². The summed E-state index contributed by atoms with van der Waals surface area (Å²) >= 11 is 0. The normalized spacial score (nSPS) is 14.6. The van der Waals surface area contributed by atoms with E-state index in [2.05, 4.69) is 5.32 Å². The van der Waals surface area contributed by atoms with Gasteiger partial charge in [-0.1, -0.05) is 33.6 Å². The van der Waals surface area contributed by atoms with Crippen LogP contribution >= 0.6 is 0 Å². The molecule has 0 aliphatic heterocycles. The number of rotatable bonds is 8. The monoisotopic (exact) mass is 228 g/mol. The average molecular weight is 228 g/mol. The second-order valence-electron chi connectivity index (χ2n) is 4.63. The number of carbonyl (C=O) groups is 2. The Bertz CT molecular complexity index is 217. The molecule has 1 amide bonds. The van der Waals surface area contributed by atoms with Crippen molar-refractivity contribution in [2.75, 3.05) is 0 Å². The average Bonchev–Trinajstić information content (AvgIpc) is 2.22. The Morgan fingerprint density at radius 1 is 1.44 bits per heavy atom. The van der Waals surface area contributed by atoms with E-state index in [4.69, 9.17) is 5.73 Å². The molecule has 0 fully saturated rings. The van der Waals surface area contributed by atoms with Gasteiger partial charge in [0.2, 0.25) is 5.91 Å². The number of nitrogens with one attached hydrogen (secondary N) is 1. The molecule has 0 aromatic carbocycles. The lowest BCUT2D eigenvalue weighted by Crippen LogP contribution is -2.46. The molecule has 0 aromatic rings. The molecular weight excluding hydrogens is 204 g/mol. The third-order valence-corrected chi connectivity index (χ3v) is 2.42. The highest BCUT2D eigenvalue weighted by atomic mass is 16.2. The zero-order valence-corrected chi connectivity index (χ0v) is 10.5. The highest BCUT2D eigenvalue weighted by Crippen LogP contribution is 2.04. The topological polar surface area (TPSA) is 72.2 Å². The van der Waals surface area contributed by atoms with Crippen LogP contribution in [0.1, 0.15) is 46.5 Å². The molecule has 0 aliphatic carbocycles. The lowest BCUT2D eigenvalue weighted by Gasteiger charge is -2.17. The van der Waals surface area contributed by atoms with Crippen molar-refractivity contribution in [1.29, 1.82) is 0 Å². The number of hydrogen-bond acceptors (Lipinski definition) is 3. The first-order chi connectivity index (χ1) is 7.51. The van der Waals surface area contributed by atoms with E-state index in [1.165, 1.54) is 0 Å². The van der Waals surface area contributed by atoms with Crippen LogP contribution in [-0.2, 0) is 9.59 Å². The van der Waals surface area contributed by atoms with Gasteiger partial charge in [0, 0.05) is 0 Å². The summed E-state index contributed by atoms with van der Waals surface area (Å²) in [6.07, 6.45) is 4.07. The van der Waals surface area contributed by atoms with Crippen LogP contribution in [0.15, 0.2) is 0 Å². The Labute approximate surface area is 98.0 Å². The fourth-order valence-corrected chi connectivity index (χ4v) is 1.50. The Morgan fingerprint density at radius 3 is 2.50 bits per heavy atom. The van der Waals surface area contributed by atoms with E-state index in [-0.39, 0.29) is 11.9 Å². The van der Waals surface area contributed by atoms with E-state index in [9.17, 15) is 9.59 Å². The number of carbonyl (C=O) groups excluding carboxylic acids is 2. The van der Waals surface area contributed by atoms with Crippen molar-refractivity contribution < 1.29 is 9.59 Å². The van der Waals surface area contributed by atoms with E-state index in [1.807, 2.05) is 20.8 Å². The van der Waals surface area contributed by atoms with Crippen molar-refractivity contribution in [3.8, 4) is 0 Å². The maximum Gasteiger partial charge on any atom is 0.237 e. The number of unbranched alkanes of at least 4 members (excludes halogenated alkanes) is 1. The number of hydrogen-bond donors (Lipinski definition) is 2. The van der Waals surface area contributed by atoms with E-state index in [0.717, 1.165) is 19.1 Å². The zero-order valence-electron chi connectivity index (χ0n) is 10.5. The minimum atomic E-state index is -0.510. The SMILES string of the molecule is CCCCC(C=O)NC(=O)[C@@H](N)CC(C)C.